The molecule has 6 heteroatoms. The molecule has 0 spiro atoms. The fraction of sp³-hybridized carbons (Fsp3) is 0.765. The molecule has 1 heterocycles. The molecule has 0 aromatic carbocycles. The van der Waals surface area contributed by atoms with Crippen molar-refractivity contribution >= 4 is 28.5 Å². The van der Waals surface area contributed by atoms with Crippen molar-refractivity contribution in [3.63, 3.8) is 0 Å². The number of nitrogens with one attached hydrogen (secondary N) is 1. The van der Waals surface area contributed by atoms with Gasteiger partial charge < -0.3 is 14.7 Å². The van der Waals surface area contributed by atoms with E-state index in [4.69, 9.17) is 4.52 Å². The van der Waals surface area contributed by atoms with Crippen LogP contribution in [0.2, 0.25) is 0 Å². The maximum Gasteiger partial charge on any atom is 0.273 e. The van der Waals surface area contributed by atoms with Crippen LogP contribution >= 0.6 is 22.6 Å². The summed E-state index contributed by atoms with van der Waals surface area (Å²) in [6.45, 7) is 11.2. The van der Waals surface area contributed by atoms with Gasteiger partial charge in [-0.1, -0.05) is 54.9 Å². The first kappa shape index (κ1) is 20.4. The van der Waals surface area contributed by atoms with Crippen LogP contribution in [0.25, 0.3) is 0 Å². The molecule has 5 nitrogen and oxygen atoms in total. The van der Waals surface area contributed by atoms with E-state index in [1.54, 1.807) is 0 Å². The van der Waals surface area contributed by atoms with E-state index in [1.807, 2.05) is 6.92 Å². The first-order chi connectivity index (χ1) is 10.9. The Hall–Kier alpha value is -0.630. The van der Waals surface area contributed by atoms with E-state index in [9.17, 15) is 4.79 Å². The molecule has 0 saturated heterocycles. The zero-order valence-electron chi connectivity index (χ0n) is 15.0. The van der Waals surface area contributed by atoms with Gasteiger partial charge in [-0.05, 0) is 38.8 Å². The number of hydrogen-bond donors (Lipinski definition) is 1. The van der Waals surface area contributed by atoms with E-state index >= 15 is 0 Å². The van der Waals surface area contributed by atoms with Crippen molar-refractivity contribution < 1.29 is 9.32 Å². The van der Waals surface area contributed by atoms with Gasteiger partial charge in [0, 0.05) is 18.7 Å². The van der Waals surface area contributed by atoms with Crippen LogP contribution in [-0.2, 0) is 4.43 Å². The summed E-state index contributed by atoms with van der Waals surface area (Å²) in [5.41, 5.74) is 1.31. The largest absolute Gasteiger partial charge is 0.359 e. The Kier molecular flexibility index (Phi) is 8.53. The number of alkyl halides is 1. The molecule has 0 radical (unpaired) electrons. The number of rotatable bonds is 10. The summed E-state index contributed by atoms with van der Waals surface area (Å²) in [5.74, 6) is 0.631. The van der Waals surface area contributed by atoms with E-state index in [-0.39, 0.29) is 11.3 Å². The van der Waals surface area contributed by atoms with Crippen molar-refractivity contribution in [3.8, 4) is 0 Å². The van der Waals surface area contributed by atoms with Crippen LogP contribution in [0.1, 0.15) is 61.8 Å². The molecule has 1 unspecified atom stereocenters. The predicted octanol–water partition coefficient (Wildman–Crippen LogP) is 3.80. The first-order valence-electron chi connectivity index (χ1n) is 8.34. The maximum absolute atomic E-state index is 12.4. The van der Waals surface area contributed by atoms with Crippen molar-refractivity contribution in [1.82, 2.24) is 15.4 Å². The molecule has 1 rings (SSSR count). The lowest BCUT2D eigenvalue weighted by atomic mass is 9.86. The highest BCUT2D eigenvalue weighted by Crippen LogP contribution is 2.22. The first-order valence-corrected chi connectivity index (χ1v) is 9.87. The Labute approximate surface area is 153 Å². The lowest BCUT2D eigenvalue weighted by molar-refractivity contribution is 0.0907. The second-order valence-electron chi connectivity index (χ2n) is 6.65. The summed E-state index contributed by atoms with van der Waals surface area (Å²) in [6.07, 6.45) is 3.43. The molecule has 1 N–H and O–H groups in total. The minimum absolute atomic E-state index is 0.0574. The third-order valence-electron chi connectivity index (χ3n) is 4.43. The van der Waals surface area contributed by atoms with E-state index in [1.165, 1.54) is 12.8 Å². The van der Waals surface area contributed by atoms with Crippen LogP contribution in [0.4, 0.5) is 0 Å². The lowest BCUT2D eigenvalue weighted by Gasteiger charge is -2.33. The van der Waals surface area contributed by atoms with Crippen LogP contribution in [0, 0.1) is 12.3 Å². The molecule has 0 aliphatic carbocycles. The van der Waals surface area contributed by atoms with E-state index in [0.29, 0.717) is 12.2 Å². The maximum atomic E-state index is 12.4. The Morgan fingerprint density at radius 3 is 2.65 bits per heavy atom. The topological polar surface area (TPSA) is 58.4 Å². The summed E-state index contributed by atoms with van der Waals surface area (Å²) in [4.78, 5) is 14.7. The van der Waals surface area contributed by atoms with Gasteiger partial charge in [0.15, 0.2) is 5.69 Å². The Morgan fingerprint density at radius 2 is 2.13 bits per heavy atom. The third-order valence-corrected chi connectivity index (χ3v) is 5.12. The zero-order valence-corrected chi connectivity index (χ0v) is 17.2. The van der Waals surface area contributed by atoms with E-state index < -0.39 is 0 Å². The molecule has 0 bridgehead atoms. The standard InChI is InChI=1S/C17H30IN3O2/c1-6-8-9-21(5)12-17(4,7-2)11-19-16(22)15-13(3)14(10-18)23-20-15/h6-12H2,1-5H3,(H,19,22). The Morgan fingerprint density at radius 1 is 1.43 bits per heavy atom. The van der Waals surface area contributed by atoms with Gasteiger partial charge in [0.1, 0.15) is 5.76 Å². The van der Waals surface area contributed by atoms with Crippen molar-refractivity contribution in [2.24, 2.45) is 5.41 Å². The van der Waals surface area contributed by atoms with Crippen LogP contribution in [0.15, 0.2) is 4.52 Å². The highest BCUT2D eigenvalue weighted by molar-refractivity contribution is 14.1. The average molecular weight is 435 g/mol. The van der Waals surface area contributed by atoms with Crippen LogP contribution < -0.4 is 5.32 Å². The van der Waals surface area contributed by atoms with Gasteiger partial charge in [0.2, 0.25) is 0 Å². The number of amides is 1. The SMILES string of the molecule is CCCCN(C)CC(C)(CC)CNC(=O)c1noc(CI)c1C. The minimum Gasteiger partial charge on any atom is -0.359 e. The number of hydrogen-bond acceptors (Lipinski definition) is 4. The third kappa shape index (κ3) is 6.06. The van der Waals surface area contributed by atoms with Crippen molar-refractivity contribution in [1.29, 1.82) is 0 Å². The minimum atomic E-state index is -0.141. The smallest absolute Gasteiger partial charge is 0.273 e. The Bertz CT molecular complexity index is 504. The molecular weight excluding hydrogens is 405 g/mol. The average Bonchev–Trinajstić information content (AvgIpc) is 2.91. The predicted molar refractivity (Wildman–Crippen MR) is 102 cm³/mol. The highest BCUT2D eigenvalue weighted by Gasteiger charge is 2.26. The van der Waals surface area contributed by atoms with Gasteiger partial charge in [-0.2, -0.15) is 0 Å². The molecule has 0 saturated carbocycles. The van der Waals surface area contributed by atoms with Gasteiger partial charge in [-0.15, -0.1) is 0 Å². The van der Waals surface area contributed by atoms with Crippen LogP contribution in [-0.4, -0.2) is 42.6 Å². The monoisotopic (exact) mass is 435 g/mol. The van der Waals surface area contributed by atoms with Gasteiger partial charge in [0.05, 0.1) is 4.43 Å². The molecule has 1 aromatic heterocycles. The van der Waals surface area contributed by atoms with Gasteiger partial charge in [-0.3, -0.25) is 4.79 Å². The number of unbranched alkanes of at least 4 members (excludes halogenated alkanes) is 1. The number of carbonyl (C=O) groups is 1. The second-order valence-corrected chi connectivity index (χ2v) is 7.41. The Balaban J connectivity index is 2.61. The molecule has 1 aromatic rings. The highest BCUT2D eigenvalue weighted by atomic mass is 127. The number of aromatic nitrogens is 1. The summed E-state index contributed by atoms with van der Waals surface area (Å²) >= 11 is 2.21. The fourth-order valence-electron chi connectivity index (χ4n) is 2.53. The fourth-order valence-corrected chi connectivity index (χ4v) is 3.25. The molecule has 23 heavy (non-hydrogen) atoms. The van der Waals surface area contributed by atoms with Crippen LogP contribution in [0.5, 0.6) is 0 Å². The molecule has 1 atom stereocenters. The molecular formula is C17H30IN3O2. The molecule has 0 aliphatic rings. The summed E-state index contributed by atoms with van der Waals surface area (Å²) < 4.78 is 5.93. The van der Waals surface area contributed by atoms with Crippen molar-refractivity contribution in [2.75, 3.05) is 26.7 Å². The summed E-state index contributed by atoms with van der Waals surface area (Å²) in [6, 6.07) is 0. The quantitative estimate of drug-likeness (QED) is 0.449. The zero-order chi connectivity index (χ0) is 17.5. The van der Waals surface area contributed by atoms with Crippen molar-refractivity contribution in [3.05, 3.63) is 17.0 Å². The van der Waals surface area contributed by atoms with Gasteiger partial charge >= 0.3 is 0 Å². The molecule has 0 aliphatic heterocycles. The molecule has 1 amide bonds. The molecule has 132 valence electrons. The van der Waals surface area contributed by atoms with Crippen molar-refractivity contribution in [2.45, 2.75) is 51.4 Å². The molecule has 0 fully saturated rings. The summed E-state index contributed by atoms with van der Waals surface area (Å²) in [7, 11) is 2.15. The number of halogens is 1. The van der Waals surface area contributed by atoms with E-state index in [0.717, 1.165) is 35.3 Å². The lowest BCUT2D eigenvalue weighted by Crippen LogP contribution is -2.43. The van der Waals surface area contributed by atoms with Gasteiger partial charge in [-0.25, -0.2) is 0 Å². The van der Waals surface area contributed by atoms with E-state index in [2.05, 4.69) is 65.8 Å². The number of carbonyl (C=O) groups excluding carboxylic acids is 1. The normalized spacial score (nSPS) is 14.0. The number of nitrogens with zero attached hydrogens (tertiary/aromatic N) is 2. The second kappa shape index (κ2) is 9.61. The summed E-state index contributed by atoms with van der Waals surface area (Å²) in [5, 5.41) is 6.95. The van der Waals surface area contributed by atoms with Crippen LogP contribution in [0.3, 0.4) is 0 Å². The van der Waals surface area contributed by atoms with Gasteiger partial charge in [0.25, 0.3) is 5.91 Å².